The first-order valence-electron chi connectivity index (χ1n) is 12.0. The Hall–Kier alpha value is -2.80. The summed E-state index contributed by atoms with van der Waals surface area (Å²) in [5.74, 6) is -0.745. The topological polar surface area (TPSA) is 168 Å². The van der Waals surface area contributed by atoms with Crippen LogP contribution in [0.25, 0.3) is 0 Å². The number of phenols is 2. The molecule has 1 aliphatic heterocycles. The van der Waals surface area contributed by atoms with Crippen LogP contribution in [-0.4, -0.2) is 96.4 Å². The second kappa shape index (κ2) is 11.3. The lowest BCUT2D eigenvalue weighted by atomic mass is 9.66. The van der Waals surface area contributed by atoms with Gasteiger partial charge in [-0.3, -0.25) is 0 Å². The number of aliphatic hydroxyl groups excluding tert-OH is 4. The van der Waals surface area contributed by atoms with E-state index in [1.165, 1.54) is 21.3 Å². The minimum atomic E-state index is -1.46. The lowest BCUT2D eigenvalue weighted by molar-refractivity contribution is -0.274. The minimum absolute atomic E-state index is 0.00181. The van der Waals surface area contributed by atoms with Gasteiger partial charge in [0, 0.05) is 12.5 Å². The lowest BCUT2D eigenvalue weighted by Crippen LogP contribution is -2.54. The molecule has 7 atom stereocenters. The number of aliphatic hydroxyl groups is 4. The van der Waals surface area contributed by atoms with Crippen molar-refractivity contribution in [1.82, 2.24) is 0 Å². The first kappa shape index (κ1) is 27.2. The fourth-order valence-electron chi connectivity index (χ4n) is 5.28. The van der Waals surface area contributed by atoms with Crippen LogP contribution in [0.15, 0.2) is 24.3 Å². The maximum absolute atomic E-state index is 10.6. The smallest absolute Gasteiger partial charge is 0.200 e. The highest BCUT2D eigenvalue weighted by Crippen LogP contribution is 2.50. The molecule has 37 heavy (non-hydrogen) atoms. The van der Waals surface area contributed by atoms with Crippen LogP contribution < -0.4 is 14.2 Å². The molecule has 0 bridgehead atoms. The summed E-state index contributed by atoms with van der Waals surface area (Å²) >= 11 is 0. The van der Waals surface area contributed by atoms with Crippen LogP contribution in [0.4, 0.5) is 0 Å². The molecule has 1 saturated heterocycles. The summed E-state index contributed by atoms with van der Waals surface area (Å²) in [4.78, 5) is 0. The van der Waals surface area contributed by atoms with E-state index in [-0.39, 0.29) is 48.7 Å². The van der Waals surface area contributed by atoms with Gasteiger partial charge in [0.1, 0.15) is 18.3 Å². The third-order valence-electron chi connectivity index (χ3n) is 7.29. The van der Waals surface area contributed by atoms with E-state index in [0.717, 1.165) is 11.1 Å². The van der Waals surface area contributed by atoms with Gasteiger partial charge < -0.3 is 54.3 Å². The molecule has 11 heteroatoms. The summed E-state index contributed by atoms with van der Waals surface area (Å²) in [6.45, 7) is -0.392. The summed E-state index contributed by atoms with van der Waals surface area (Å²) in [6.07, 6.45) is -4.86. The Bertz CT molecular complexity index is 1070. The maximum Gasteiger partial charge on any atom is 0.200 e. The van der Waals surface area contributed by atoms with Crippen LogP contribution in [0.3, 0.4) is 0 Å². The van der Waals surface area contributed by atoms with Crippen LogP contribution in [0.1, 0.15) is 22.6 Å². The molecule has 11 nitrogen and oxygen atoms in total. The standard InChI is InChI=1S/C26H34O11/c1-33-19-5-12-4-14(9-27)16(10-36-26-25(32)23(30)18(29)11-37-26)22(15(12)8-17(19)28)13-6-20(34-2)24(31)21(7-13)35-3/h5-8,14,16,18,22-23,25-32H,4,9-11H2,1-3H3/t14-,16-,18+,22-,23-,25+,26+/m0/s1. The third kappa shape index (κ3) is 5.15. The molecule has 1 fully saturated rings. The maximum atomic E-state index is 10.6. The summed E-state index contributed by atoms with van der Waals surface area (Å²) in [6, 6.07) is 6.66. The number of methoxy groups -OCH3 is 3. The van der Waals surface area contributed by atoms with Crippen LogP contribution in [0.5, 0.6) is 28.7 Å². The SMILES string of the molecule is COc1cc2c(cc1O)[C@H](c1cc(OC)c(O)c(OC)c1)[C@@H](CO[C@@H]1OC[C@@H](O)[C@H](O)[C@H]1O)[C@H](CO)C2. The average Bonchev–Trinajstić information content (AvgIpc) is 2.90. The Labute approximate surface area is 214 Å². The second-order valence-electron chi connectivity index (χ2n) is 9.37. The first-order chi connectivity index (χ1) is 17.7. The van der Waals surface area contributed by atoms with Gasteiger partial charge in [-0.1, -0.05) is 0 Å². The minimum Gasteiger partial charge on any atom is -0.504 e. The quantitative estimate of drug-likeness (QED) is 0.286. The van der Waals surface area contributed by atoms with Gasteiger partial charge in [-0.15, -0.1) is 0 Å². The van der Waals surface area contributed by atoms with Gasteiger partial charge in [-0.05, 0) is 59.2 Å². The molecule has 0 aromatic heterocycles. The molecule has 2 aliphatic rings. The zero-order valence-electron chi connectivity index (χ0n) is 20.9. The first-order valence-corrected chi connectivity index (χ1v) is 12.0. The molecule has 2 aromatic rings. The second-order valence-corrected chi connectivity index (χ2v) is 9.37. The molecule has 4 rings (SSSR count). The van der Waals surface area contributed by atoms with Crippen molar-refractivity contribution in [3.05, 3.63) is 41.0 Å². The Morgan fingerprint density at radius 3 is 2.14 bits per heavy atom. The highest BCUT2D eigenvalue weighted by atomic mass is 16.7. The fourth-order valence-corrected chi connectivity index (χ4v) is 5.28. The van der Waals surface area contributed by atoms with E-state index in [1.807, 2.05) is 0 Å². The van der Waals surface area contributed by atoms with Crippen molar-refractivity contribution in [1.29, 1.82) is 0 Å². The average molecular weight is 523 g/mol. The molecule has 0 unspecified atom stereocenters. The molecular formula is C26H34O11. The van der Waals surface area contributed by atoms with Crippen molar-refractivity contribution < 1.29 is 54.3 Å². The summed E-state index contributed by atoms with van der Waals surface area (Å²) in [7, 11) is 4.29. The molecule has 0 amide bonds. The van der Waals surface area contributed by atoms with Gasteiger partial charge in [0.15, 0.2) is 29.3 Å². The zero-order valence-corrected chi connectivity index (χ0v) is 20.9. The fraction of sp³-hybridized carbons (Fsp3) is 0.538. The lowest BCUT2D eigenvalue weighted by Gasteiger charge is -2.41. The molecule has 204 valence electrons. The Balaban J connectivity index is 1.78. The molecular weight excluding hydrogens is 488 g/mol. The number of phenolic OH excluding ortho intramolecular Hbond substituents is 2. The number of aromatic hydroxyl groups is 2. The van der Waals surface area contributed by atoms with E-state index < -0.39 is 36.4 Å². The van der Waals surface area contributed by atoms with E-state index in [9.17, 15) is 30.6 Å². The molecule has 0 radical (unpaired) electrons. The third-order valence-corrected chi connectivity index (χ3v) is 7.29. The number of rotatable bonds is 8. The van der Waals surface area contributed by atoms with Crippen molar-refractivity contribution in [2.45, 2.75) is 36.9 Å². The highest BCUT2D eigenvalue weighted by molar-refractivity contribution is 5.57. The van der Waals surface area contributed by atoms with Crippen LogP contribution in [0.2, 0.25) is 0 Å². The summed E-state index contributed by atoms with van der Waals surface area (Å²) in [5, 5.41) is 61.6. The van der Waals surface area contributed by atoms with Crippen molar-refractivity contribution >= 4 is 0 Å². The Kier molecular flexibility index (Phi) is 8.32. The highest BCUT2D eigenvalue weighted by Gasteiger charge is 2.42. The number of benzene rings is 2. The van der Waals surface area contributed by atoms with E-state index in [0.29, 0.717) is 17.7 Å². The van der Waals surface area contributed by atoms with E-state index in [1.54, 1.807) is 24.3 Å². The molecule has 1 aliphatic carbocycles. The van der Waals surface area contributed by atoms with Crippen LogP contribution >= 0.6 is 0 Å². The van der Waals surface area contributed by atoms with Crippen molar-refractivity contribution in [3.8, 4) is 28.7 Å². The molecule has 1 heterocycles. The number of hydrogen-bond acceptors (Lipinski definition) is 11. The van der Waals surface area contributed by atoms with E-state index in [2.05, 4.69) is 0 Å². The van der Waals surface area contributed by atoms with Crippen LogP contribution in [-0.2, 0) is 15.9 Å². The summed E-state index contributed by atoms with van der Waals surface area (Å²) in [5.41, 5.74) is 2.28. The molecule has 0 spiro atoms. The van der Waals surface area contributed by atoms with Gasteiger partial charge in [-0.25, -0.2) is 0 Å². The largest absolute Gasteiger partial charge is 0.504 e. The van der Waals surface area contributed by atoms with Crippen molar-refractivity contribution in [2.24, 2.45) is 11.8 Å². The van der Waals surface area contributed by atoms with Gasteiger partial charge in [0.05, 0.1) is 34.5 Å². The predicted molar refractivity (Wildman–Crippen MR) is 129 cm³/mol. The number of hydrogen-bond donors (Lipinski definition) is 6. The van der Waals surface area contributed by atoms with Crippen molar-refractivity contribution in [3.63, 3.8) is 0 Å². The monoisotopic (exact) mass is 522 g/mol. The number of ether oxygens (including phenoxy) is 5. The molecule has 0 saturated carbocycles. The Morgan fingerprint density at radius 2 is 1.54 bits per heavy atom. The van der Waals surface area contributed by atoms with E-state index in [4.69, 9.17) is 23.7 Å². The molecule has 2 aromatic carbocycles. The number of fused-ring (bicyclic) bond motifs is 1. The normalized spacial score (nSPS) is 29.4. The predicted octanol–water partition coefficient (Wildman–Crippen LogP) is 0.492. The van der Waals surface area contributed by atoms with Crippen LogP contribution in [0, 0.1) is 11.8 Å². The Morgan fingerprint density at radius 1 is 0.892 bits per heavy atom. The van der Waals surface area contributed by atoms with E-state index >= 15 is 0 Å². The van der Waals surface area contributed by atoms with Gasteiger partial charge in [0.25, 0.3) is 0 Å². The summed E-state index contributed by atoms with van der Waals surface area (Å²) < 4.78 is 27.3. The molecule has 6 N–H and O–H groups in total. The van der Waals surface area contributed by atoms with Gasteiger partial charge in [-0.2, -0.15) is 0 Å². The van der Waals surface area contributed by atoms with Crippen molar-refractivity contribution in [2.75, 3.05) is 41.2 Å². The zero-order chi connectivity index (χ0) is 26.9. The van der Waals surface area contributed by atoms with Gasteiger partial charge >= 0.3 is 0 Å². The van der Waals surface area contributed by atoms with Gasteiger partial charge in [0.2, 0.25) is 5.75 Å².